The molecule has 2 aromatic rings. The fourth-order valence-electron chi connectivity index (χ4n) is 3.66. The van der Waals surface area contributed by atoms with E-state index < -0.39 is 0 Å². The average molecular weight is 552 g/mol. The summed E-state index contributed by atoms with van der Waals surface area (Å²) >= 11 is -0.164. The van der Waals surface area contributed by atoms with Gasteiger partial charge in [0, 0.05) is 6.92 Å². The highest BCUT2D eigenvalue weighted by Gasteiger charge is 2.16. The van der Waals surface area contributed by atoms with Crippen molar-refractivity contribution in [2.24, 2.45) is 0 Å². The number of esters is 1. The smallest absolute Gasteiger partial charge is 0.357 e. The molecule has 2 aromatic carbocycles. The van der Waals surface area contributed by atoms with Gasteiger partial charge < -0.3 is 9.47 Å². The van der Waals surface area contributed by atoms with Crippen LogP contribution in [0.4, 0.5) is 0 Å². The molecular formula is C28H40IO3+. The van der Waals surface area contributed by atoms with Crippen molar-refractivity contribution in [3.05, 3.63) is 61.7 Å². The second-order valence-electron chi connectivity index (χ2n) is 8.36. The Bertz CT molecular complexity index is 730. The first-order valence-corrected chi connectivity index (χ1v) is 14.4. The van der Waals surface area contributed by atoms with Crippen molar-refractivity contribution in [1.82, 2.24) is 0 Å². The number of benzene rings is 2. The van der Waals surface area contributed by atoms with Gasteiger partial charge in [0.1, 0.15) is 18.5 Å². The molecule has 176 valence electrons. The number of carbonyl (C=O) groups is 1. The maximum atomic E-state index is 11.5. The van der Waals surface area contributed by atoms with E-state index in [1.54, 1.807) is 0 Å². The third-order valence-electron chi connectivity index (χ3n) is 5.41. The average Bonchev–Trinajstić information content (AvgIpc) is 2.80. The molecule has 0 fully saturated rings. The summed E-state index contributed by atoms with van der Waals surface area (Å²) < 4.78 is 14.2. The summed E-state index contributed by atoms with van der Waals surface area (Å²) in [6.45, 7) is 4.16. The minimum atomic E-state index is -0.228. The van der Waals surface area contributed by atoms with Gasteiger partial charge in [-0.25, -0.2) is 0 Å². The van der Waals surface area contributed by atoms with E-state index in [0.29, 0.717) is 6.61 Å². The largest absolute Gasteiger partial charge is 0.490 e. The summed E-state index contributed by atoms with van der Waals surface area (Å²) in [5.41, 5.74) is 0. The lowest BCUT2D eigenvalue weighted by molar-refractivity contribution is -0.597. The summed E-state index contributed by atoms with van der Waals surface area (Å²) in [6.07, 6.45) is 13.7. The molecule has 1 atom stereocenters. The maximum Gasteiger partial charge on any atom is 0.357 e. The number of rotatable bonds is 17. The van der Waals surface area contributed by atoms with Crippen molar-refractivity contribution in [3.8, 4) is 5.75 Å². The zero-order chi connectivity index (χ0) is 22.9. The minimum Gasteiger partial charge on any atom is -0.490 e. The van der Waals surface area contributed by atoms with Crippen molar-refractivity contribution in [2.45, 2.75) is 90.6 Å². The van der Waals surface area contributed by atoms with Gasteiger partial charge >= 0.3 is 27.2 Å². The van der Waals surface area contributed by atoms with Gasteiger partial charge in [0.05, 0.1) is 0 Å². The van der Waals surface area contributed by atoms with E-state index in [9.17, 15) is 4.79 Å². The zero-order valence-electron chi connectivity index (χ0n) is 19.9. The Morgan fingerprint density at radius 2 is 1.34 bits per heavy atom. The van der Waals surface area contributed by atoms with Gasteiger partial charge in [0.2, 0.25) is 0 Å². The Kier molecular flexibility index (Phi) is 14.2. The molecule has 32 heavy (non-hydrogen) atoms. The second-order valence-corrected chi connectivity index (χ2v) is 11.4. The fourth-order valence-corrected chi connectivity index (χ4v) is 5.87. The molecular weight excluding hydrogens is 511 g/mol. The van der Waals surface area contributed by atoms with Crippen LogP contribution < -0.4 is 25.9 Å². The van der Waals surface area contributed by atoms with E-state index >= 15 is 0 Å². The van der Waals surface area contributed by atoms with Crippen molar-refractivity contribution in [2.75, 3.05) is 6.61 Å². The summed E-state index contributed by atoms with van der Waals surface area (Å²) in [7, 11) is 0. The maximum absolute atomic E-state index is 11.5. The predicted octanol–water partition coefficient (Wildman–Crippen LogP) is 4.44. The molecule has 0 amide bonds. The van der Waals surface area contributed by atoms with Crippen LogP contribution in [0.2, 0.25) is 0 Å². The molecule has 0 radical (unpaired) electrons. The van der Waals surface area contributed by atoms with Crippen LogP contribution in [0.5, 0.6) is 5.75 Å². The zero-order valence-corrected chi connectivity index (χ0v) is 22.0. The molecule has 4 heteroatoms. The minimum absolute atomic E-state index is 0.164. The standard InChI is InChI=1S/C28H40IO3/c1-3-4-5-6-7-8-9-10-11-15-18-28(32-24(2)30)23-31-27-21-19-26(20-22-27)29-25-16-13-12-14-17-25/h12-14,16-17,19-22,28H,3-11,15,18,23H2,1-2H3/q+1. The number of ether oxygens (including phenoxy) is 2. The highest BCUT2D eigenvalue weighted by Crippen LogP contribution is 2.15. The van der Waals surface area contributed by atoms with E-state index in [0.717, 1.165) is 18.6 Å². The first-order chi connectivity index (χ1) is 15.7. The number of carbonyl (C=O) groups excluding carboxylic acids is 1. The molecule has 0 saturated carbocycles. The summed E-state index contributed by atoms with van der Waals surface area (Å²) in [4.78, 5) is 11.5. The Hall–Kier alpha value is -1.56. The Morgan fingerprint density at radius 1 is 0.781 bits per heavy atom. The van der Waals surface area contributed by atoms with Crippen molar-refractivity contribution >= 4 is 5.97 Å². The number of hydrogen-bond acceptors (Lipinski definition) is 3. The Morgan fingerprint density at radius 3 is 1.94 bits per heavy atom. The normalized spacial score (nSPS) is 11.8. The van der Waals surface area contributed by atoms with Gasteiger partial charge in [-0.15, -0.1) is 0 Å². The Labute approximate surface area is 205 Å². The van der Waals surface area contributed by atoms with Gasteiger partial charge in [-0.1, -0.05) is 82.9 Å². The molecule has 0 aliphatic carbocycles. The van der Waals surface area contributed by atoms with Crippen molar-refractivity contribution in [1.29, 1.82) is 0 Å². The van der Waals surface area contributed by atoms with Crippen LogP contribution in [0.15, 0.2) is 54.6 Å². The van der Waals surface area contributed by atoms with Gasteiger partial charge in [0.25, 0.3) is 0 Å². The SMILES string of the molecule is CCCCCCCCCCCCC(COc1ccc([I+]c2ccccc2)cc1)OC(C)=O. The summed E-state index contributed by atoms with van der Waals surface area (Å²) in [5, 5.41) is 0. The number of hydrogen-bond donors (Lipinski definition) is 0. The van der Waals surface area contributed by atoms with Crippen LogP contribution in [0.25, 0.3) is 0 Å². The topological polar surface area (TPSA) is 35.5 Å². The van der Waals surface area contributed by atoms with Gasteiger partial charge in [-0.2, -0.15) is 0 Å². The van der Waals surface area contributed by atoms with Crippen LogP contribution >= 0.6 is 0 Å². The van der Waals surface area contributed by atoms with E-state index in [1.807, 2.05) is 12.1 Å². The first-order valence-electron chi connectivity index (χ1n) is 12.3. The van der Waals surface area contributed by atoms with Crippen molar-refractivity contribution in [3.63, 3.8) is 0 Å². The molecule has 0 aromatic heterocycles. The van der Waals surface area contributed by atoms with E-state index in [4.69, 9.17) is 9.47 Å². The summed E-state index contributed by atoms with van der Waals surface area (Å²) in [6, 6.07) is 19.0. The van der Waals surface area contributed by atoms with Gasteiger partial charge in [-0.3, -0.25) is 4.79 Å². The molecule has 0 heterocycles. The molecule has 0 N–H and O–H groups in total. The van der Waals surface area contributed by atoms with E-state index in [2.05, 4.69) is 49.4 Å². The highest BCUT2D eigenvalue weighted by molar-refractivity contribution is 5.66. The van der Waals surface area contributed by atoms with Gasteiger partial charge in [0.15, 0.2) is 7.14 Å². The lowest BCUT2D eigenvalue weighted by Crippen LogP contribution is -3.61. The first kappa shape index (κ1) is 26.7. The van der Waals surface area contributed by atoms with E-state index in [-0.39, 0.29) is 33.3 Å². The molecule has 0 saturated heterocycles. The van der Waals surface area contributed by atoms with E-state index in [1.165, 1.54) is 71.9 Å². The second kappa shape index (κ2) is 17.0. The van der Waals surface area contributed by atoms with Crippen LogP contribution in [-0.2, 0) is 9.53 Å². The number of halogens is 1. The van der Waals surface area contributed by atoms with Crippen molar-refractivity contribution < 1.29 is 35.5 Å². The Balaban J connectivity index is 1.64. The molecule has 3 nitrogen and oxygen atoms in total. The third kappa shape index (κ3) is 12.5. The molecule has 0 spiro atoms. The van der Waals surface area contributed by atoms with Crippen LogP contribution in [0, 0.1) is 7.14 Å². The molecule has 2 rings (SSSR count). The molecule has 0 aliphatic rings. The lowest BCUT2D eigenvalue weighted by atomic mass is 10.0. The highest BCUT2D eigenvalue weighted by atomic mass is 127. The fraction of sp³-hybridized carbons (Fsp3) is 0.536. The third-order valence-corrected chi connectivity index (χ3v) is 8.10. The van der Waals surface area contributed by atoms with Crippen LogP contribution in [-0.4, -0.2) is 18.7 Å². The van der Waals surface area contributed by atoms with Crippen LogP contribution in [0.3, 0.4) is 0 Å². The molecule has 1 unspecified atom stereocenters. The quantitative estimate of drug-likeness (QED) is 0.166. The lowest BCUT2D eigenvalue weighted by Gasteiger charge is -2.17. The number of unbranched alkanes of at least 4 members (excludes halogenated alkanes) is 9. The van der Waals surface area contributed by atoms with Gasteiger partial charge in [-0.05, 0) is 49.2 Å². The predicted molar refractivity (Wildman–Crippen MR) is 128 cm³/mol. The monoisotopic (exact) mass is 551 g/mol. The summed E-state index contributed by atoms with van der Waals surface area (Å²) in [5.74, 6) is 0.611. The van der Waals surface area contributed by atoms with Crippen LogP contribution in [0.1, 0.15) is 84.5 Å². The molecule has 0 aliphatic heterocycles. The molecule has 0 bridgehead atoms.